The van der Waals surface area contributed by atoms with Gasteiger partial charge in [-0.3, -0.25) is 0 Å². The summed E-state index contributed by atoms with van der Waals surface area (Å²) in [6.45, 7) is 2.09. The van der Waals surface area contributed by atoms with E-state index < -0.39 is 5.82 Å². The van der Waals surface area contributed by atoms with E-state index in [-0.39, 0.29) is 28.6 Å². The fourth-order valence-electron chi connectivity index (χ4n) is 1.31. The Bertz CT molecular complexity index is 675. The molecule has 1 aromatic carbocycles. The number of halogens is 2. The molecular formula is C12H8ClFN4O2. The number of hydrogen-bond acceptors (Lipinski definition) is 6. The molecule has 2 rings (SSSR count). The molecule has 6 nitrogen and oxygen atoms in total. The minimum absolute atomic E-state index is 0.0171. The Balaban J connectivity index is 2.28. The summed E-state index contributed by atoms with van der Waals surface area (Å²) in [5.74, 6) is -0.841. The van der Waals surface area contributed by atoms with E-state index in [1.165, 1.54) is 12.1 Å². The maximum absolute atomic E-state index is 13.7. The first-order chi connectivity index (χ1) is 9.62. The van der Waals surface area contributed by atoms with Gasteiger partial charge in [0.15, 0.2) is 11.6 Å². The molecule has 0 fully saturated rings. The van der Waals surface area contributed by atoms with Gasteiger partial charge in [-0.05, 0) is 36.7 Å². The first-order valence-corrected chi connectivity index (χ1v) is 5.92. The normalized spacial score (nSPS) is 9.90. The quantitative estimate of drug-likeness (QED) is 0.862. The third-order valence-corrected chi connectivity index (χ3v) is 2.27. The Labute approximate surface area is 118 Å². The molecule has 0 saturated heterocycles. The summed E-state index contributed by atoms with van der Waals surface area (Å²) in [6.07, 6.45) is 0. The van der Waals surface area contributed by atoms with Gasteiger partial charge in [-0.1, -0.05) is 0 Å². The van der Waals surface area contributed by atoms with Crippen molar-refractivity contribution in [2.75, 3.05) is 6.61 Å². The second-order valence-electron chi connectivity index (χ2n) is 3.46. The molecular weight excluding hydrogens is 287 g/mol. The van der Waals surface area contributed by atoms with Crippen LogP contribution in [0, 0.1) is 17.1 Å². The highest BCUT2D eigenvalue weighted by Gasteiger charge is 2.11. The summed E-state index contributed by atoms with van der Waals surface area (Å²) in [7, 11) is 0. The molecule has 0 aliphatic carbocycles. The SMILES string of the molecule is CCOc1nc(Cl)nc(Oc2ccc(C#N)cc2F)n1. The summed E-state index contributed by atoms with van der Waals surface area (Å²) in [5.41, 5.74) is 0.179. The van der Waals surface area contributed by atoms with Crippen molar-refractivity contribution in [1.29, 1.82) is 5.26 Å². The molecule has 1 aromatic heterocycles. The van der Waals surface area contributed by atoms with E-state index in [0.717, 1.165) is 6.07 Å². The maximum Gasteiger partial charge on any atom is 0.329 e. The van der Waals surface area contributed by atoms with Crippen molar-refractivity contribution in [3.63, 3.8) is 0 Å². The molecule has 0 saturated carbocycles. The fraction of sp³-hybridized carbons (Fsp3) is 0.167. The van der Waals surface area contributed by atoms with Crippen molar-refractivity contribution in [2.24, 2.45) is 0 Å². The van der Waals surface area contributed by atoms with Crippen LogP contribution in [0.15, 0.2) is 18.2 Å². The molecule has 0 bridgehead atoms. The number of aromatic nitrogens is 3. The van der Waals surface area contributed by atoms with Crippen LogP contribution in [0.5, 0.6) is 17.8 Å². The fourth-order valence-corrected chi connectivity index (χ4v) is 1.45. The molecule has 0 N–H and O–H groups in total. The smallest absolute Gasteiger partial charge is 0.329 e. The predicted octanol–water partition coefficient (Wildman–Crippen LogP) is 2.73. The molecule has 102 valence electrons. The lowest BCUT2D eigenvalue weighted by Crippen LogP contribution is -2.02. The Morgan fingerprint density at radius 1 is 1.30 bits per heavy atom. The maximum atomic E-state index is 13.7. The molecule has 0 radical (unpaired) electrons. The van der Waals surface area contributed by atoms with Crippen LogP contribution in [0.3, 0.4) is 0 Å². The van der Waals surface area contributed by atoms with Gasteiger partial charge in [0.1, 0.15) is 0 Å². The van der Waals surface area contributed by atoms with Crippen LogP contribution < -0.4 is 9.47 Å². The Hall–Kier alpha value is -2.46. The standard InChI is InChI=1S/C12H8ClFN4O2/c1-2-19-11-16-10(13)17-12(18-11)20-9-4-3-7(6-15)5-8(9)14/h3-5H,2H2,1H3. The Morgan fingerprint density at radius 3 is 2.70 bits per heavy atom. The van der Waals surface area contributed by atoms with Crippen LogP contribution in [-0.2, 0) is 0 Å². The third kappa shape index (κ3) is 3.30. The van der Waals surface area contributed by atoms with Crippen LogP contribution in [0.2, 0.25) is 5.28 Å². The summed E-state index contributed by atoms with van der Waals surface area (Å²) in [6, 6.07) is 5.35. The molecule has 2 aromatic rings. The molecule has 0 unspecified atom stereocenters. The van der Waals surface area contributed by atoms with Crippen LogP contribution >= 0.6 is 11.6 Å². The number of benzene rings is 1. The first-order valence-electron chi connectivity index (χ1n) is 5.54. The van der Waals surface area contributed by atoms with E-state index in [1.54, 1.807) is 6.92 Å². The lowest BCUT2D eigenvalue weighted by atomic mass is 10.2. The average molecular weight is 295 g/mol. The molecule has 0 aliphatic heterocycles. The molecule has 0 amide bonds. The topological polar surface area (TPSA) is 80.9 Å². The van der Waals surface area contributed by atoms with Gasteiger partial charge in [-0.2, -0.15) is 15.2 Å². The largest absolute Gasteiger partial charge is 0.464 e. The van der Waals surface area contributed by atoms with Crippen LogP contribution in [-0.4, -0.2) is 21.6 Å². The van der Waals surface area contributed by atoms with Crippen LogP contribution in [0.4, 0.5) is 4.39 Å². The lowest BCUT2D eigenvalue weighted by molar-refractivity contribution is 0.301. The zero-order chi connectivity index (χ0) is 14.5. The summed E-state index contributed by atoms with van der Waals surface area (Å²) >= 11 is 5.68. The van der Waals surface area contributed by atoms with Crippen molar-refractivity contribution < 1.29 is 13.9 Å². The van der Waals surface area contributed by atoms with Gasteiger partial charge >= 0.3 is 12.0 Å². The van der Waals surface area contributed by atoms with Crippen molar-refractivity contribution in [3.8, 4) is 23.8 Å². The summed E-state index contributed by atoms with van der Waals surface area (Å²) in [4.78, 5) is 11.2. The number of nitrogens with zero attached hydrogens (tertiary/aromatic N) is 4. The van der Waals surface area contributed by atoms with E-state index in [9.17, 15) is 4.39 Å². The van der Waals surface area contributed by atoms with Gasteiger partial charge in [0, 0.05) is 0 Å². The van der Waals surface area contributed by atoms with Gasteiger partial charge in [0.05, 0.1) is 18.2 Å². The van der Waals surface area contributed by atoms with Gasteiger partial charge in [-0.25, -0.2) is 4.39 Å². The number of rotatable bonds is 4. The third-order valence-electron chi connectivity index (χ3n) is 2.10. The van der Waals surface area contributed by atoms with Gasteiger partial charge in [-0.15, -0.1) is 4.98 Å². The molecule has 1 heterocycles. The van der Waals surface area contributed by atoms with Crippen molar-refractivity contribution in [2.45, 2.75) is 6.92 Å². The van der Waals surface area contributed by atoms with Gasteiger partial charge < -0.3 is 9.47 Å². The lowest BCUT2D eigenvalue weighted by Gasteiger charge is -2.06. The molecule has 8 heteroatoms. The minimum atomic E-state index is -0.710. The molecule has 0 atom stereocenters. The monoisotopic (exact) mass is 294 g/mol. The van der Waals surface area contributed by atoms with Gasteiger partial charge in [0.2, 0.25) is 5.28 Å². The summed E-state index contributed by atoms with van der Waals surface area (Å²) in [5, 5.41) is 8.52. The predicted molar refractivity (Wildman–Crippen MR) is 67.2 cm³/mol. The van der Waals surface area contributed by atoms with Crippen molar-refractivity contribution in [3.05, 3.63) is 34.9 Å². The number of ether oxygens (including phenoxy) is 2. The molecule has 20 heavy (non-hydrogen) atoms. The van der Waals surface area contributed by atoms with E-state index in [4.69, 9.17) is 26.3 Å². The van der Waals surface area contributed by atoms with E-state index in [2.05, 4.69) is 15.0 Å². The zero-order valence-corrected chi connectivity index (χ0v) is 11.1. The average Bonchev–Trinajstić information content (AvgIpc) is 2.41. The second kappa shape index (κ2) is 6.12. The Morgan fingerprint density at radius 2 is 2.05 bits per heavy atom. The van der Waals surface area contributed by atoms with E-state index in [0.29, 0.717) is 6.61 Å². The highest BCUT2D eigenvalue weighted by molar-refractivity contribution is 6.28. The van der Waals surface area contributed by atoms with Crippen molar-refractivity contribution in [1.82, 2.24) is 15.0 Å². The zero-order valence-electron chi connectivity index (χ0n) is 10.3. The van der Waals surface area contributed by atoms with Gasteiger partial charge in [0.25, 0.3) is 0 Å². The summed E-state index contributed by atoms with van der Waals surface area (Å²) < 4.78 is 23.9. The number of hydrogen-bond donors (Lipinski definition) is 0. The van der Waals surface area contributed by atoms with E-state index in [1.807, 2.05) is 6.07 Å². The van der Waals surface area contributed by atoms with Crippen LogP contribution in [0.1, 0.15) is 12.5 Å². The highest BCUT2D eigenvalue weighted by atomic mass is 35.5. The molecule has 0 spiro atoms. The Kier molecular flexibility index (Phi) is 4.27. The van der Waals surface area contributed by atoms with Crippen molar-refractivity contribution >= 4 is 11.6 Å². The second-order valence-corrected chi connectivity index (χ2v) is 3.80. The van der Waals surface area contributed by atoms with Crippen LogP contribution in [0.25, 0.3) is 0 Å². The highest BCUT2D eigenvalue weighted by Crippen LogP contribution is 2.24. The minimum Gasteiger partial charge on any atom is -0.464 e. The number of nitriles is 1. The molecule has 0 aliphatic rings. The first kappa shape index (κ1) is 14.0. The van der Waals surface area contributed by atoms with E-state index >= 15 is 0 Å².